The molecule has 1 nitrogen and oxygen atoms in total. The molecule has 0 radical (unpaired) electrons. The number of hydrogen-bond donors (Lipinski definition) is 1. The highest BCUT2D eigenvalue weighted by Gasteiger charge is 2.28. The lowest BCUT2D eigenvalue weighted by Crippen LogP contribution is -2.24. The minimum absolute atomic E-state index is 0.329. The molecule has 1 N–H and O–H groups in total. The highest BCUT2D eigenvalue weighted by molar-refractivity contribution is 6.21. The van der Waals surface area contributed by atoms with Crippen molar-refractivity contribution in [2.75, 3.05) is 6.54 Å². The third kappa shape index (κ3) is 3.51. The van der Waals surface area contributed by atoms with Crippen molar-refractivity contribution in [3.8, 4) is 0 Å². The van der Waals surface area contributed by atoms with Gasteiger partial charge in [0.25, 0.3) is 0 Å². The smallest absolute Gasteiger partial charge is 0.0488 e. The first-order valence-electron chi connectivity index (χ1n) is 5.66. The Hall–Kier alpha value is -0.530. The monoisotopic (exact) mass is 223 g/mol. The fraction of sp³-hybridized carbons (Fsp3) is 0.538. The average Bonchev–Trinajstić information content (AvgIpc) is 3.04. The van der Waals surface area contributed by atoms with Crippen molar-refractivity contribution >= 4 is 11.6 Å². The lowest BCUT2D eigenvalue weighted by molar-refractivity contribution is 0.620. The zero-order chi connectivity index (χ0) is 10.7. The molecule has 0 aromatic heterocycles. The molecule has 1 aromatic rings. The molecular weight excluding hydrogens is 206 g/mol. The molecule has 1 unspecified atom stereocenters. The maximum atomic E-state index is 6.21. The van der Waals surface area contributed by atoms with Crippen LogP contribution in [-0.4, -0.2) is 11.9 Å². The van der Waals surface area contributed by atoms with Gasteiger partial charge in [-0.1, -0.05) is 29.8 Å². The minimum Gasteiger partial charge on any atom is -0.311 e. The van der Waals surface area contributed by atoms with Crippen molar-refractivity contribution in [2.24, 2.45) is 5.92 Å². The summed E-state index contributed by atoms with van der Waals surface area (Å²) >= 11 is 6.21. The zero-order valence-electron chi connectivity index (χ0n) is 9.17. The second kappa shape index (κ2) is 5.00. The van der Waals surface area contributed by atoms with E-state index in [-0.39, 0.29) is 0 Å². The van der Waals surface area contributed by atoms with Crippen LogP contribution in [0.1, 0.15) is 24.0 Å². The first-order valence-corrected chi connectivity index (χ1v) is 6.09. The van der Waals surface area contributed by atoms with Crippen LogP contribution in [0.15, 0.2) is 24.3 Å². The molecule has 1 saturated carbocycles. The van der Waals surface area contributed by atoms with Gasteiger partial charge in [-0.25, -0.2) is 0 Å². The molecule has 1 fully saturated rings. The standard InChI is InChI=1S/C13H18ClN/c1-10-2-4-11(5-3-10)8-15-9-13(14)12-6-7-12/h2-5,12-13,15H,6-9H2,1H3. The van der Waals surface area contributed by atoms with E-state index in [1.165, 1.54) is 24.0 Å². The summed E-state index contributed by atoms with van der Waals surface area (Å²) in [6, 6.07) is 8.64. The highest BCUT2D eigenvalue weighted by atomic mass is 35.5. The van der Waals surface area contributed by atoms with Crippen molar-refractivity contribution < 1.29 is 0 Å². The molecule has 0 heterocycles. The largest absolute Gasteiger partial charge is 0.311 e. The van der Waals surface area contributed by atoms with Crippen LogP contribution in [-0.2, 0) is 6.54 Å². The maximum absolute atomic E-state index is 6.21. The molecule has 0 aliphatic heterocycles. The Labute approximate surface area is 96.8 Å². The van der Waals surface area contributed by atoms with Gasteiger partial charge < -0.3 is 5.32 Å². The number of alkyl halides is 1. The molecule has 1 aliphatic carbocycles. The van der Waals surface area contributed by atoms with Gasteiger partial charge in [-0.05, 0) is 31.2 Å². The van der Waals surface area contributed by atoms with Crippen LogP contribution in [0.25, 0.3) is 0 Å². The van der Waals surface area contributed by atoms with Crippen LogP contribution >= 0.6 is 11.6 Å². The van der Waals surface area contributed by atoms with Crippen LogP contribution in [0.3, 0.4) is 0 Å². The highest BCUT2D eigenvalue weighted by Crippen LogP contribution is 2.35. The molecule has 15 heavy (non-hydrogen) atoms. The maximum Gasteiger partial charge on any atom is 0.0488 e. The van der Waals surface area contributed by atoms with Crippen LogP contribution in [0.4, 0.5) is 0 Å². The van der Waals surface area contributed by atoms with Gasteiger partial charge in [0.1, 0.15) is 0 Å². The first kappa shape index (κ1) is 11.0. The van der Waals surface area contributed by atoms with E-state index in [9.17, 15) is 0 Å². The number of benzene rings is 1. The summed E-state index contributed by atoms with van der Waals surface area (Å²) in [7, 11) is 0. The Balaban J connectivity index is 1.70. The fourth-order valence-electron chi connectivity index (χ4n) is 1.68. The molecule has 1 atom stereocenters. The summed E-state index contributed by atoms with van der Waals surface area (Å²) in [5.41, 5.74) is 2.65. The SMILES string of the molecule is Cc1ccc(CNCC(Cl)C2CC2)cc1. The van der Waals surface area contributed by atoms with Crippen molar-refractivity contribution in [2.45, 2.75) is 31.7 Å². The normalized spacial score (nSPS) is 17.7. The van der Waals surface area contributed by atoms with E-state index < -0.39 is 0 Å². The molecule has 2 heteroatoms. The summed E-state index contributed by atoms with van der Waals surface area (Å²) in [6.07, 6.45) is 2.64. The number of nitrogens with one attached hydrogen (secondary N) is 1. The molecular formula is C13H18ClN. The van der Waals surface area contributed by atoms with E-state index in [4.69, 9.17) is 11.6 Å². The second-order valence-corrected chi connectivity index (χ2v) is 5.03. The average molecular weight is 224 g/mol. The van der Waals surface area contributed by atoms with Crippen molar-refractivity contribution in [3.05, 3.63) is 35.4 Å². The van der Waals surface area contributed by atoms with Gasteiger partial charge in [0, 0.05) is 18.5 Å². The minimum atomic E-state index is 0.329. The van der Waals surface area contributed by atoms with Crippen molar-refractivity contribution in [3.63, 3.8) is 0 Å². The van der Waals surface area contributed by atoms with Gasteiger partial charge in [0.05, 0.1) is 0 Å². The predicted octanol–water partition coefficient (Wildman–Crippen LogP) is 3.10. The van der Waals surface area contributed by atoms with Crippen LogP contribution in [0.5, 0.6) is 0 Å². The third-order valence-corrected chi connectivity index (χ3v) is 3.43. The second-order valence-electron chi connectivity index (χ2n) is 4.47. The topological polar surface area (TPSA) is 12.0 Å². The van der Waals surface area contributed by atoms with Gasteiger partial charge in [-0.15, -0.1) is 11.6 Å². The Bertz CT molecular complexity index is 303. The van der Waals surface area contributed by atoms with E-state index >= 15 is 0 Å². The molecule has 1 aromatic carbocycles. The lowest BCUT2D eigenvalue weighted by Gasteiger charge is -2.09. The molecule has 0 saturated heterocycles. The predicted molar refractivity (Wildman–Crippen MR) is 65.3 cm³/mol. The molecule has 0 spiro atoms. The van der Waals surface area contributed by atoms with Gasteiger partial charge >= 0.3 is 0 Å². The van der Waals surface area contributed by atoms with E-state index in [2.05, 4.69) is 36.5 Å². The summed E-state index contributed by atoms with van der Waals surface area (Å²) in [4.78, 5) is 0. The summed E-state index contributed by atoms with van der Waals surface area (Å²) in [5.74, 6) is 0.775. The molecule has 0 amide bonds. The molecule has 0 bridgehead atoms. The Morgan fingerprint density at radius 1 is 1.33 bits per heavy atom. The van der Waals surface area contributed by atoms with Gasteiger partial charge in [-0.3, -0.25) is 0 Å². The lowest BCUT2D eigenvalue weighted by atomic mass is 10.1. The van der Waals surface area contributed by atoms with Gasteiger partial charge in [-0.2, -0.15) is 0 Å². The van der Waals surface area contributed by atoms with Gasteiger partial charge in [0.15, 0.2) is 0 Å². The number of rotatable bonds is 5. The zero-order valence-corrected chi connectivity index (χ0v) is 9.93. The Morgan fingerprint density at radius 2 is 2.00 bits per heavy atom. The van der Waals surface area contributed by atoms with Crippen LogP contribution in [0, 0.1) is 12.8 Å². The molecule has 2 rings (SSSR count). The van der Waals surface area contributed by atoms with E-state index in [0.717, 1.165) is 19.0 Å². The Morgan fingerprint density at radius 3 is 2.60 bits per heavy atom. The number of halogens is 1. The van der Waals surface area contributed by atoms with Gasteiger partial charge in [0.2, 0.25) is 0 Å². The summed E-state index contributed by atoms with van der Waals surface area (Å²) in [5, 5.41) is 3.74. The number of hydrogen-bond acceptors (Lipinski definition) is 1. The molecule has 1 aliphatic rings. The fourth-order valence-corrected chi connectivity index (χ4v) is 2.05. The van der Waals surface area contributed by atoms with E-state index in [1.54, 1.807) is 0 Å². The first-order chi connectivity index (χ1) is 7.25. The third-order valence-electron chi connectivity index (χ3n) is 2.92. The van der Waals surface area contributed by atoms with Crippen LogP contribution in [0.2, 0.25) is 0 Å². The van der Waals surface area contributed by atoms with E-state index in [0.29, 0.717) is 5.38 Å². The number of aryl methyl sites for hydroxylation is 1. The Kier molecular flexibility index (Phi) is 3.66. The van der Waals surface area contributed by atoms with E-state index in [1.807, 2.05) is 0 Å². The van der Waals surface area contributed by atoms with Crippen LogP contribution < -0.4 is 5.32 Å². The summed E-state index contributed by atoms with van der Waals surface area (Å²) in [6.45, 7) is 3.97. The quantitative estimate of drug-likeness (QED) is 0.757. The summed E-state index contributed by atoms with van der Waals surface area (Å²) < 4.78 is 0. The van der Waals surface area contributed by atoms with Crippen molar-refractivity contribution in [1.29, 1.82) is 0 Å². The molecule has 82 valence electrons. The van der Waals surface area contributed by atoms with Crippen molar-refractivity contribution in [1.82, 2.24) is 5.32 Å².